The molecular formula is C25H29F2N5O2. The van der Waals surface area contributed by atoms with Gasteiger partial charge in [-0.1, -0.05) is 37.3 Å². The fourth-order valence-electron chi connectivity index (χ4n) is 3.05. The molecule has 0 bridgehead atoms. The van der Waals surface area contributed by atoms with Crippen LogP contribution in [0.1, 0.15) is 35.4 Å². The summed E-state index contributed by atoms with van der Waals surface area (Å²) in [5, 5.41) is 0. The summed E-state index contributed by atoms with van der Waals surface area (Å²) >= 11 is 0. The number of rotatable bonds is 8. The third-order valence-corrected chi connectivity index (χ3v) is 4.89. The number of hydrogen-bond donors (Lipinski definition) is 1. The third-order valence-electron chi connectivity index (χ3n) is 4.89. The molecule has 180 valence electrons. The van der Waals surface area contributed by atoms with Gasteiger partial charge in [0.15, 0.2) is 11.7 Å². The number of Topliss-reactive ketones (excluding diaryl/α,β-unsaturated/α-hetero) is 1. The molecule has 34 heavy (non-hydrogen) atoms. The molecule has 0 fully saturated rings. The Morgan fingerprint density at radius 1 is 1.24 bits per heavy atom. The van der Waals surface area contributed by atoms with Gasteiger partial charge in [-0.2, -0.15) is 4.39 Å². The molecule has 1 aromatic carbocycles. The first-order valence-electron chi connectivity index (χ1n) is 10.7. The second-order valence-electron chi connectivity index (χ2n) is 7.49. The van der Waals surface area contributed by atoms with Crippen LogP contribution >= 0.6 is 0 Å². The van der Waals surface area contributed by atoms with Crippen molar-refractivity contribution >= 4 is 18.0 Å². The molecule has 0 radical (unpaired) electrons. The predicted octanol–water partition coefficient (Wildman–Crippen LogP) is 4.05. The second-order valence-corrected chi connectivity index (χ2v) is 7.49. The van der Waals surface area contributed by atoms with Gasteiger partial charge < -0.3 is 20.0 Å². The van der Waals surface area contributed by atoms with E-state index in [9.17, 15) is 18.4 Å². The summed E-state index contributed by atoms with van der Waals surface area (Å²) in [6.07, 6.45) is 3.98. The van der Waals surface area contributed by atoms with Gasteiger partial charge in [-0.3, -0.25) is 4.79 Å². The van der Waals surface area contributed by atoms with Crippen LogP contribution in [0.25, 0.3) is 11.1 Å². The number of pyridine rings is 1. The summed E-state index contributed by atoms with van der Waals surface area (Å²) in [6, 6.07) is 13.6. The summed E-state index contributed by atoms with van der Waals surface area (Å²) in [6.45, 7) is 1.21. The van der Waals surface area contributed by atoms with Crippen LogP contribution in [-0.4, -0.2) is 53.2 Å². The molecule has 1 atom stereocenters. The van der Waals surface area contributed by atoms with Gasteiger partial charge in [0, 0.05) is 44.0 Å². The number of aromatic nitrogens is 2. The zero-order chi connectivity index (χ0) is 25.1. The Bertz CT molecular complexity index is 1110. The molecule has 9 heteroatoms. The monoisotopic (exact) mass is 469 g/mol. The van der Waals surface area contributed by atoms with Gasteiger partial charge in [0.1, 0.15) is 19.0 Å². The normalized spacial score (nSPS) is 11.9. The molecule has 2 N–H and O–H groups in total. The lowest BCUT2D eigenvalue weighted by atomic mass is 10.1. The van der Waals surface area contributed by atoms with E-state index in [0.717, 1.165) is 5.56 Å². The maximum absolute atomic E-state index is 13.2. The van der Waals surface area contributed by atoms with E-state index in [-0.39, 0.29) is 18.3 Å². The van der Waals surface area contributed by atoms with Crippen LogP contribution in [0.4, 0.5) is 8.78 Å². The number of aliphatic imine (C=N–C) groups is 1. The quantitative estimate of drug-likeness (QED) is 0.177. The van der Waals surface area contributed by atoms with E-state index in [1.165, 1.54) is 10.8 Å². The van der Waals surface area contributed by atoms with Crippen LogP contribution in [0.15, 0.2) is 65.9 Å². The number of nitrogens with two attached hydrogens (primary N) is 1. The van der Waals surface area contributed by atoms with Gasteiger partial charge in [0.2, 0.25) is 5.95 Å². The molecule has 0 aliphatic rings. The molecule has 3 aromatic rings. The number of carbonyl (C=O) groups is 2. The minimum atomic E-state index is -0.809. The predicted molar refractivity (Wildman–Crippen MR) is 129 cm³/mol. The molecule has 3 rings (SSSR count). The fourth-order valence-corrected chi connectivity index (χ4v) is 3.05. The maximum Gasteiger partial charge on any atom is 0.220 e. The van der Waals surface area contributed by atoms with E-state index in [1.54, 1.807) is 50.3 Å². The molecule has 7 nitrogen and oxygen atoms in total. The Morgan fingerprint density at radius 3 is 2.50 bits per heavy atom. The fraction of sp³-hybridized carbons (Fsp3) is 0.280. The SMILES string of the molecule is CCC(=O)c1cc(C(C=O)N=C(N)N(C)C)cn1CCF.Fc1ncccc1-c1ccccc1. The number of aryl methyl sites for hydroxylation is 1. The largest absolute Gasteiger partial charge is 0.370 e. The Labute approximate surface area is 197 Å². The van der Waals surface area contributed by atoms with Crippen molar-refractivity contribution in [3.8, 4) is 11.1 Å². The number of alkyl halides is 1. The van der Waals surface area contributed by atoms with E-state index in [0.29, 0.717) is 29.5 Å². The molecule has 0 aliphatic carbocycles. The van der Waals surface area contributed by atoms with E-state index in [2.05, 4.69) is 9.98 Å². The summed E-state index contributed by atoms with van der Waals surface area (Å²) in [7, 11) is 3.42. The number of halogens is 2. The first-order valence-corrected chi connectivity index (χ1v) is 10.7. The highest BCUT2D eigenvalue weighted by Crippen LogP contribution is 2.21. The lowest BCUT2D eigenvalue weighted by Crippen LogP contribution is -2.31. The van der Waals surface area contributed by atoms with Crippen molar-refractivity contribution in [3.05, 3.63) is 78.1 Å². The summed E-state index contributed by atoms with van der Waals surface area (Å²) in [5.41, 5.74) is 8.02. The third kappa shape index (κ3) is 7.06. The Kier molecular flexibility index (Phi) is 10.1. The topological polar surface area (TPSA) is 93.6 Å². The highest BCUT2D eigenvalue weighted by Gasteiger charge is 2.18. The number of carbonyl (C=O) groups excluding carboxylic acids is 2. The number of guanidine groups is 1. The van der Waals surface area contributed by atoms with Gasteiger partial charge in [-0.15, -0.1) is 0 Å². The minimum Gasteiger partial charge on any atom is -0.370 e. The van der Waals surface area contributed by atoms with Gasteiger partial charge in [-0.25, -0.2) is 14.4 Å². The number of nitrogens with zero attached hydrogens (tertiary/aromatic N) is 4. The molecule has 1 unspecified atom stereocenters. The molecule has 0 spiro atoms. The number of benzene rings is 1. The van der Waals surface area contributed by atoms with Gasteiger partial charge in [-0.05, 0) is 23.8 Å². The van der Waals surface area contributed by atoms with Crippen molar-refractivity contribution in [2.75, 3.05) is 20.8 Å². The number of aldehydes is 1. The average Bonchev–Trinajstić information content (AvgIpc) is 3.27. The Balaban J connectivity index is 0.000000266. The van der Waals surface area contributed by atoms with E-state index < -0.39 is 18.7 Å². The van der Waals surface area contributed by atoms with Crippen LogP contribution < -0.4 is 5.73 Å². The molecular weight excluding hydrogens is 440 g/mol. The van der Waals surface area contributed by atoms with Crippen molar-refractivity contribution in [1.82, 2.24) is 14.5 Å². The highest BCUT2D eigenvalue weighted by atomic mass is 19.1. The molecule has 0 amide bonds. The molecule has 0 saturated carbocycles. The van der Waals surface area contributed by atoms with E-state index >= 15 is 0 Å². The molecule has 2 aromatic heterocycles. The summed E-state index contributed by atoms with van der Waals surface area (Å²) in [4.78, 5) is 32.4. The van der Waals surface area contributed by atoms with Crippen LogP contribution in [0.2, 0.25) is 0 Å². The lowest BCUT2D eigenvalue weighted by Gasteiger charge is -2.12. The van der Waals surface area contributed by atoms with Crippen molar-refractivity contribution in [3.63, 3.8) is 0 Å². The van der Waals surface area contributed by atoms with Crippen molar-refractivity contribution in [1.29, 1.82) is 0 Å². The van der Waals surface area contributed by atoms with Crippen LogP contribution in [0, 0.1) is 5.95 Å². The van der Waals surface area contributed by atoms with Gasteiger partial charge in [0.25, 0.3) is 0 Å². The first-order chi connectivity index (χ1) is 16.3. The van der Waals surface area contributed by atoms with E-state index in [4.69, 9.17) is 5.73 Å². The van der Waals surface area contributed by atoms with E-state index in [1.807, 2.05) is 30.3 Å². The van der Waals surface area contributed by atoms with Gasteiger partial charge >= 0.3 is 0 Å². The zero-order valence-corrected chi connectivity index (χ0v) is 19.5. The molecule has 2 heterocycles. The van der Waals surface area contributed by atoms with Crippen LogP contribution in [0.5, 0.6) is 0 Å². The number of ketones is 1. The van der Waals surface area contributed by atoms with Crippen molar-refractivity contribution < 1.29 is 18.4 Å². The van der Waals surface area contributed by atoms with Crippen molar-refractivity contribution in [2.24, 2.45) is 10.7 Å². The lowest BCUT2D eigenvalue weighted by molar-refractivity contribution is -0.108. The smallest absolute Gasteiger partial charge is 0.220 e. The average molecular weight is 470 g/mol. The maximum atomic E-state index is 13.2. The Hall–Kier alpha value is -3.88. The van der Waals surface area contributed by atoms with Crippen molar-refractivity contribution in [2.45, 2.75) is 25.9 Å². The van der Waals surface area contributed by atoms with Crippen LogP contribution in [-0.2, 0) is 11.3 Å². The minimum absolute atomic E-state index is 0.0690. The van der Waals surface area contributed by atoms with Gasteiger partial charge in [0.05, 0.1) is 12.2 Å². The standard InChI is InChI=1S/C14H21FN4O2.C11H8FN/c1-4-13(21)12-7-10(8-19(12)6-5-15)11(9-20)17-14(16)18(2)3;12-11-10(7-4-8-13-11)9-5-2-1-3-6-9/h7-9,11H,4-6H2,1-3H3,(H2,16,17);1-8H. The summed E-state index contributed by atoms with van der Waals surface area (Å²) in [5.74, 6) is -0.327. The number of hydrogen-bond acceptors (Lipinski definition) is 4. The molecule has 0 aliphatic heterocycles. The first kappa shape index (κ1) is 26.4. The zero-order valence-electron chi connectivity index (χ0n) is 19.5. The molecule has 0 saturated heterocycles. The van der Waals surface area contributed by atoms with Crippen LogP contribution in [0.3, 0.4) is 0 Å². The Morgan fingerprint density at radius 2 is 1.94 bits per heavy atom. The summed E-state index contributed by atoms with van der Waals surface area (Å²) < 4.78 is 27.3. The highest BCUT2D eigenvalue weighted by molar-refractivity contribution is 5.95. The second kappa shape index (κ2) is 13.0.